The van der Waals surface area contributed by atoms with Crippen LogP contribution in [0.4, 0.5) is 10.1 Å². The monoisotopic (exact) mass is 461 g/mol. The molecule has 2 aromatic heterocycles. The number of anilines is 1. The van der Waals surface area contributed by atoms with Crippen molar-refractivity contribution in [3.63, 3.8) is 0 Å². The minimum atomic E-state index is -0.268. The van der Waals surface area contributed by atoms with Gasteiger partial charge in [0.2, 0.25) is 0 Å². The van der Waals surface area contributed by atoms with Crippen LogP contribution in [0.15, 0.2) is 30.3 Å². The van der Waals surface area contributed by atoms with E-state index in [1.54, 1.807) is 6.07 Å². The number of rotatable bonds is 4. The predicted octanol–water partition coefficient (Wildman–Crippen LogP) is 5.42. The molecule has 7 heteroatoms. The highest BCUT2D eigenvalue weighted by molar-refractivity contribution is 5.93. The fourth-order valence-corrected chi connectivity index (χ4v) is 5.52. The van der Waals surface area contributed by atoms with Crippen LogP contribution in [0.5, 0.6) is 0 Å². The van der Waals surface area contributed by atoms with Gasteiger partial charge in [0.25, 0.3) is 5.91 Å². The van der Waals surface area contributed by atoms with Gasteiger partial charge in [0.1, 0.15) is 11.5 Å². The van der Waals surface area contributed by atoms with Crippen molar-refractivity contribution < 1.29 is 9.18 Å². The average molecular weight is 462 g/mol. The lowest BCUT2D eigenvalue weighted by Gasteiger charge is -2.27. The molecule has 1 saturated carbocycles. The number of hydrogen-bond acceptors (Lipinski definition) is 4. The SMILES string of the molecule is CC1CCCCCN1C(=O)c1cc(C2CC2)n2nc(-c3ccc(N4CCCC4)cc3F)cc2n1. The van der Waals surface area contributed by atoms with Crippen LogP contribution in [0.2, 0.25) is 0 Å². The zero-order chi connectivity index (χ0) is 23.2. The Hall–Kier alpha value is -2.96. The number of nitrogens with zero attached hydrogens (tertiary/aromatic N) is 5. The van der Waals surface area contributed by atoms with Gasteiger partial charge in [-0.1, -0.05) is 12.8 Å². The van der Waals surface area contributed by atoms with Gasteiger partial charge in [0, 0.05) is 54.6 Å². The zero-order valence-electron chi connectivity index (χ0n) is 19.8. The van der Waals surface area contributed by atoms with E-state index in [2.05, 4.69) is 11.8 Å². The van der Waals surface area contributed by atoms with Crippen LogP contribution in [0.3, 0.4) is 0 Å². The molecule has 1 aromatic carbocycles. The van der Waals surface area contributed by atoms with Crippen molar-refractivity contribution >= 4 is 17.2 Å². The first-order chi connectivity index (χ1) is 16.6. The third kappa shape index (κ3) is 3.95. The lowest BCUT2D eigenvalue weighted by Crippen LogP contribution is -2.38. The van der Waals surface area contributed by atoms with Crippen molar-refractivity contribution in [1.82, 2.24) is 19.5 Å². The van der Waals surface area contributed by atoms with Crippen molar-refractivity contribution in [3.05, 3.63) is 47.5 Å². The van der Waals surface area contributed by atoms with Crippen LogP contribution in [0.1, 0.15) is 80.4 Å². The predicted molar refractivity (Wildman–Crippen MR) is 131 cm³/mol. The van der Waals surface area contributed by atoms with E-state index in [1.807, 2.05) is 33.7 Å². The smallest absolute Gasteiger partial charge is 0.272 e. The van der Waals surface area contributed by atoms with E-state index in [0.29, 0.717) is 28.5 Å². The number of aromatic nitrogens is 3. The number of carbonyl (C=O) groups excluding carboxylic acids is 1. The molecule has 3 aliphatic rings. The lowest BCUT2D eigenvalue weighted by molar-refractivity contribution is 0.0692. The number of benzene rings is 1. The van der Waals surface area contributed by atoms with E-state index in [-0.39, 0.29) is 17.8 Å². The molecular formula is C27H32FN5O. The van der Waals surface area contributed by atoms with E-state index in [1.165, 1.54) is 12.8 Å². The molecule has 3 fully saturated rings. The third-order valence-corrected chi connectivity index (χ3v) is 7.68. The maximum absolute atomic E-state index is 15.2. The molecule has 0 radical (unpaired) electrons. The molecule has 1 unspecified atom stereocenters. The number of amides is 1. The van der Waals surface area contributed by atoms with Gasteiger partial charge < -0.3 is 9.80 Å². The highest BCUT2D eigenvalue weighted by Gasteiger charge is 2.31. The molecule has 1 atom stereocenters. The van der Waals surface area contributed by atoms with Gasteiger partial charge >= 0.3 is 0 Å². The minimum absolute atomic E-state index is 0.00250. The minimum Gasteiger partial charge on any atom is -0.371 e. The first-order valence-corrected chi connectivity index (χ1v) is 12.8. The number of halogens is 1. The normalized spacial score (nSPS) is 21.3. The van der Waals surface area contributed by atoms with Crippen LogP contribution < -0.4 is 4.90 Å². The van der Waals surface area contributed by atoms with Crippen LogP contribution in [0.25, 0.3) is 16.9 Å². The lowest BCUT2D eigenvalue weighted by atomic mass is 10.1. The molecule has 6 rings (SSSR count). The molecule has 4 heterocycles. The van der Waals surface area contributed by atoms with E-state index in [4.69, 9.17) is 10.1 Å². The van der Waals surface area contributed by atoms with Crippen molar-refractivity contribution in [1.29, 1.82) is 0 Å². The Morgan fingerprint density at radius 2 is 1.76 bits per heavy atom. The highest BCUT2D eigenvalue weighted by Crippen LogP contribution is 2.41. The summed E-state index contributed by atoms with van der Waals surface area (Å²) >= 11 is 0. The summed E-state index contributed by atoms with van der Waals surface area (Å²) in [5, 5.41) is 4.75. The zero-order valence-corrected chi connectivity index (χ0v) is 19.8. The quantitative estimate of drug-likeness (QED) is 0.521. The number of fused-ring (bicyclic) bond motifs is 1. The van der Waals surface area contributed by atoms with Gasteiger partial charge in [-0.05, 0) is 69.7 Å². The largest absolute Gasteiger partial charge is 0.371 e. The Morgan fingerprint density at radius 1 is 0.971 bits per heavy atom. The average Bonchev–Trinajstić information content (AvgIpc) is 3.43. The first kappa shape index (κ1) is 21.6. The van der Waals surface area contributed by atoms with Gasteiger partial charge in [-0.25, -0.2) is 13.9 Å². The summed E-state index contributed by atoms with van der Waals surface area (Å²) in [5.41, 5.74) is 4.08. The molecule has 1 amide bonds. The fraction of sp³-hybridized carbons (Fsp3) is 0.519. The van der Waals surface area contributed by atoms with Crippen molar-refractivity contribution in [2.75, 3.05) is 24.5 Å². The fourth-order valence-electron chi connectivity index (χ4n) is 5.52. The Balaban J connectivity index is 1.37. The molecule has 34 heavy (non-hydrogen) atoms. The standard InChI is InChI=1S/C27H32FN5O/c1-18-7-3-2-4-14-32(18)27(34)24-16-25(19-8-9-19)33-26(29-24)17-23(30-33)21-11-10-20(15-22(21)28)31-12-5-6-13-31/h10-11,15-19H,2-9,12-14H2,1H3. The van der Waals surface area contributed by atoms with E-state index >= 15 is 4.39 Å². The van der Waals surface area contributed by atoms with Crippen LogP contribution in [-0.2, 0) is 0 Å². The van der Waals surface area contributed by atoms with Crippen molar-refractivity contribution in [2.24, 2.45) is 0 Å². The Morgan fingerprint density at radius 3 is 2.53 bits per heavy atom. The second-order valence-electron chi connectivity index (χ2n) is 10.2. The molecule has 0 bridgehead atoms. The molecular weight excluding hydrogens is 429 g/mol. The summed E-state index contributed by atoms with van der Waals surface area (Å²) in [7, 11) is 0. The number of carbonyl (C=O) groups is 1. The van der Waals surface area contributed by atoms with E-state index in [9.17, 15) is 4.79 Å². The summed E-state index contributed by atoms with van der Waals surface area (Å²) in [5.74, 6) is 0.118. The summed E-state index contributed by atoms with van der Waals surface area (Å²) in [6.45, 7) is 4.88. The summed E-state index contributed by atoms with van der Waals surface area (Å²) in [6, 6.07) is 9.40. The molecule has 178 valence electrons. The molecule has 0 N–H and O–H groups in total. The third-order valence-electron chi connectivity index (χ3n) is 7.68. The molecule has 6 nitrogen and oxygen atoms in total. The summed E-state index contributed by atoms with van der Waals surface area (Å²) < 4.78 is 17.0. The van der Waals surface area contributed by atoms with Crippen LogP contribution in [0, 0.1) is 5.82 Å². The van der Waals surface area contributed by atoms with Gasteiger partial charge in [-0.2, -0.15) is 5.10 Å². The number of likely N-dealkylation sites (tertiary alicyclic amines) is 1. The van der Waals surface area contributed by atoms with Gasteiger partial charge in [-0.15, -0.1) is 0 Å². The maximum atomic E-state index is 15.2. The second kappa shape index (κ2) is 8.67. The molecule has 1 aliphatic carbocycles. The molecule has 0 spiro atoms. The molecule has 2 aliphatic heterocycles. The first-order valence-electron chi connectivity index (χ1n) is 12.8. The van der Waals surface area contributed by atoms with Crippen molar-refractivity contribution in [2.45, 2.75) is 70.3 Å². The second-order valence-corrected chi connectivity index (χ2v) is 10.2. The van der Waals surface area contributed by atoms with Gasteiger partial charge in [0.15, 0.2) is 5.65 Å². The maximum Gasteiger partial charge on any atom is 0.272 e. The number of hydrogen-bond donors (Lipinski definition) is 0. The van der Waals surface area contributed by atoms with Gasteiger partial charge in [-0.3, -0.25) is 4.79 Å². The Bertz CT molecular complexity index is 1230. The highest BCUT2D eigenvalue weighted by atomic mass is 19.1. The molecule has 2 saturated heterocycles. The van der Waals surface area contributed by atoms with Crippen LogP contribution in [-0.4, -0.2) is 51.1 Å². The summed E-state index contributed by atoms with van der Waals surface area (Å²) in [4.78, 5) is 22.4. The van der Waals surface area contributed by atoms with Crippen molar-refractivity contribution in [3.8, 4) is 11.3 Å². The van der Waals surface area contributed by atoms with Gasteiger partial charge in [0.05, 0.1) is 5.69 Å². The van der Waals surface area contributed by atoms with E-state index < -0.39 is 0 Å². The molecule has 3 aromatic rings. The summed E-state index contributed by atoms with van der Waals surface area (Å²) in [6.07, 6.45) is 8.89. The van der Waals surface area contributed by atoms with E-state index in [0.717, 1.165) is 69.5 Å². The van der Waals surface area contributed by atoms with Crippen LogP contribution >= 0.6 is 0 Å². The Labute approximate surface area is 199 Å². The topological polar surface area (TPSA) is 53.7 Å². The Kier molecular flexibility index (Phi) is 5.50.